The summed E-state index contributed by atoms with van der Waals surface area (Å²) < 4.78 is 5.00. The minimum atomic E-state index is 0.836. The van der Waals surface area contributed by atoms with E-state index in [4.69, 9.17) is 4.74 Å². The molecule has 0 aliphatic heterocycles. The van der Waals surface area contributed by atoms with E-state index in [1.54, 1.807) is 7.11 Å². The minimum absolute atomic E-state index is 0.836. The summed E-state index contributed by atoms with van der Waals surface area (Å²) in [4.78, 5) is 0. The van der Waals surface area contributed by atoms with Gasteiger partial charge in [-0.2, -0.15) is 0 Å². The molecule has 0 amide bonds. The first kappa shape index (κ1) is 13.0. The summed E-state index contributed by atoms with van der Waals surface area (Å²) >= 11 is 0. The molecule has 0 aromatic carbocycles. The lowest BCUT2D eigenvalue weighted by molar-refractivity contribution is 0.197. The third kappa shape index (κ3) is 5.53. The Kier molecular flexibility index (Phi) is 7.03. The Morgan fingerprint density at radius 3 is 2.33 bits per heavy atom. The highest BCUT2D eigenvalue weighted by Crippen LogP contribution is 2.31. The van der Waals surface area contributed by atoms with Crippen LogP contribution in [0.15, 0.2) is 0 Å². The maximum Gasteiger partial charge on any atom is 0.0587 e. The van der Waals surface area contributed by atoms with Gasteiger partial charge in [-0.3, -0.25) is 0 Å². The lowest BCUT2D eigenvalue weighted by atomic mass is 9.79. The molecule has 0 heterocycles. The number of hydrogen-bond donors (Lipinski definition) is 1. The highest BCUT2D eigenvalue weighted by molar-refractivity contribution is 4.72. The zero-order valence-electron chi connectivity index (χ0n) is 10.4. The van der Waals surface area contributed by atoms with Crippen LogP contribution >= 0.6 is 0 Å². The molecule has 0 atom stereocenters. The summed E-state index contributed by atoms with van der Waals surface area (Å²) in [6.07, 6.45) is 8.62. The van der Waals surface area contributed by atoms with Gasteiger partial charge in [-0.25, -0.2) is 0 Å². The molecule has 1 aliphatic carbocycles. The molecule has 0 spiro atoms. The number of methoxy groups -OCH3 is 1. The van der Waals surface area contributed by atoms with E-state index in [0.717, 1.165) is 25.0 Å². The van der Waals surface area contributed by atoms with Crippen LogP contribution in [0.5, 0.6) is 0 Å². The van der Waals surface area contributed by atoms with Crippen LogP contribution in [-0.2, 0) is 4.74 Å². The lowest BCUT2D eigenvalue weighted by Gasteiger charge is -2.27. The quantitative estimate of drug-likeness (QED) is 0.657. The lowest BCUT2D eigenvalue weighted by Crippen LogP contribution is -2.24. The third-order valence-electron chi connectivity index (χ3n) is 3.76. The van der Waals surface area contributed by atoms with E-state index in [0.29, 0.717) is 0 Å². The van der Waals surface area contributed by atoms with Gasteiger partial charge in [0.1, 0.15) is 0 Å². The Balaban J connectivity index is 1.94. The molecule has 0 bridgehead atoms. The van der Waals surface area contributed by atoms with Crippen LogP contribution in [-0.4, -0.2) is 26.8 Å². The predicted molar refractivity (Wildman–Crippen MR) is 65.1 cm³/mol. The van der Waals surface area contributed by atoms with Crippen LogP contribution < -0.4 is 5.32 Å². The first-order valence-electron chi connectivity index (χ1n) is 6.56. The number of nitrogens with one attached hydrogen (secondary N) is 1. The fraction of sp³-hybridized carbons (Fsp3) is 1.00. The van der Waals surface area contributed by atoms with Gasteiger partial charge in [0.2, 0.25) is 0 Å². The van der Waals surface area contributed by atoms with Crippen molar-refractivity contribution in [1.29, 1.82) is 0 Å². The van der Waals surface area contributed by atoms with Crippen LogP contribution in [0.2, 0.25) is 0 Å². The van der Waals surface area contributed by atoms with Gasteiger partial charge in [0, 0.05) is 13.7 Å². The summed E-state index contributed by atoms with van der Waals surface area (Å²) in [6.45, 7) is 5.34. The number of rotatable bonds is 7. The SMILES string of the molecule is CCC1CCC(CCNCCOC)CC1. The molecule has 1 fully saturated rings. The first-order chi connectivity index (χ1) is 7.36. The van der Waals surface area contributed by atoms with Crippen LogP contribution in [0.3, 0.4) is 0 Å². The average molecular weight is 213 g/mol. The monoisotopic (exact) mass is 213 g/mol. The zero-order chi connectivity index (χ0) is 10.9. The van der Waals surface area contributed by atoms with Crippen molar-refractivity contribution in [2.24, 2.45) is 11.8 Å². The Labute approximate surface area is 94.8 Å². The zero-order valence-corrected chi connectivity index (χ0v) is 10.4. The fourth-order valence-corrected chi connectivity index (χ4v) is 2.53. The highest BCUT2D eigenvalue weighted by Gasteiger charge is 2.19. The normalized spacial score (nSPS) is 26.8. The van der Waals surface area contributed by atoms with Gasteiger partial charge in [0.05, 0.1) is 6.61 Å². The maximum atomic E-state index is 5.00. The van der Waals surface area contributed by atoms with Crippen molar-refractivity contribution in [3.8, 4) is 0 Å². The van der Waals surface area contributed by atoms with Gasteiger partial charge in [0.25, 0.3) is 0 Å². The van der Waals surface area contributed by atoms with E-state index in [9.17, 15) is 0 Å². The molecule has 1 N–H and O–H groups in total. The van der Waals surface area contributed by atoms with Crippen molar-refractivity contribution in [2.45, 2.75) is 45.4 Å². The topological polar surface area (TPSA) is 21.3 Å². The minimum Gasteiger partial charge on any atom is -0.383 e. The predicted octanol–water partition coefficient (Wildman–Crippen LogP) is 2.83. The van der Waals surface area contributed by atoms with Gasteiger partial charge in [-0.05, 0) is 24.8 Å². The van der Waals surface area contributed by atoms with Crippen LogP contribution in [0.25, 0.3) is 0 Å². The first-order valence-corrected chi connectivity index (χ1v) is 6.56. The second-order valence-corrected chi connectivity index (χ2v) is 4.83. The molecule has 1 rings (SSSR count). The Bertz CT molecular complexity index is 141. The van der Waals surface area contributed by atoms with Gasteiger partial charge in [-0.1, -0.05) is 39.0 Å². The number of ether oxygens (including phenoxy) is 1. The molecule has 15 heavy (non-hydrogen) atoms. The van der Waals surface area contributed by atoms with Crippen molar-refractivity contribution in [3.05, 3.63) is 0 Å². The molecule has 2 nitrogen and oxygen atoms in total. The van der Waals surface area contributed by atoms with Crippen LogP contribution in [0, 0.1) is 11.8 Å². The highest BCUT2D eigenvalue weighted by atomic mass is 16.5. The van der Waals surface area contributed by atoms with E-state index in [-0.39, 0.29) is 0 Å². The molecule has 0 saturated heterocycles. The molecular formula is C13H27NO. The molecule has 0 aromatic rings. The molecule has 0 aromatic heterocycles. The molecule has 2 heteroatoms. The summed E-state index contributed by atoms with van der Waals surface area (Å²) in [5.41, 5.74) is 0. The third-order valence-corrected chi connectivity index (χ3v) is 3.76. The summed E-state index contributed by atoms with van der Waals surface area (Å²) in [6, 6.07) is 0. The van der Waals surface area contributed by atoms with Crippen molar-refractivity contribution in [2.75, 3.05) is 26.8 Å². The van der Waals surface area contributed by atoms with Crippen molar-refractivity contribution >= 4 is 0 Å². The van der Waals surface area contributed by atoms with E-state index in [1.165, 1.54) is 45.1 Å². The van der Waals surface area contributed by atoms with Crippen LogP contribution in [0.1, 0.15) is 45.4 Å². The van der Waals surface area contributed by atoms with Gasteiger partial charge in [0.15, 0.2) is 0 Å². The van der Waals surface area contributed by atoms with Gasteiger partial charge < -0.3 is 10.1 Å². The van der Waals surface area contributed by atoms with Crippen molar-refractivity contribution in [3.63, 3.8) is 0 Å². The molecule has 0 radical (unpaired) electrons. The molecule has 90 valence electrons. The fourth-order valence-electron chi connectivity index (χ4n) is 2.53. The van der Waals surface area contributed by atoms with Gasteiger partial charge in [-0.15, -0.1) is 0 Å². The second-order valence-electron chi connectivity index (χ2n) is 4.83. The van der Waals surface area contributed by atoms with Crippen molar-refractivity contribution < 1.29 is 4.74 Å². The maximum absolute atomic E-state index is 5.00. The van der Waals surface area contributed by atoms with E-state index in [2.05, 4.69) is 12.2 Å². The van der Waals surface area contributed by atoms with E-state index >= 15 is 0 Å². The molecule has 1 aliphatic rings. The molecular weight excluding hydrogens is 186 g/mol. The molecule has 0 unspecified atom stereocenters. The smallest absolute Gasteiger partial charge is 0.0587 e. The Hall–Kier alpha value is -0.0800. The number of hydrogen-bond acceptors (Lipinski definition) is 2. The average Bonchev–Trinajstić information content (AvgIpc) is 2.30. The standard InChI is InChI=1S/C13H27NO/c1-3-12-4-6-13(7-5-12)8-9-14-10-11-15-2/h12-14H,3-11H2,1-2H3. The van der Waals surface area contributed by atoms with E-state index in [1.807, 2.05) is 0 Å². The van der Waals surface area contributed by atoms with Crippen LogP contribution in [0.4, 0.5) is 0 Å². The largest absolute Gasteiger partial charge is 0.383 e. The molecule has 1 saturated carbocycles. The summed E-state index contributed by atoms with van der Waals surface area (Å²) in [7, 11) is 1.76. The van der Waals surface area contributed by atoms with Crippen molar-refractivity contribution in [1.82, 2.24) is 5.32 Å². The van der Waals surface area contributed by atoms with E-state index < -0.39 is 0 Å². The van der Waals surface area contributed by atoms with Gasteiger partial charge >= 0.3 is 0 Å². The Morgan fingerprint density at radius 2 is 1.73 bits per heavy atom. The second kappa shape index (κ2) is 8.12. The summed E-state index contributed by atoms with van der Waals surface area (Å²) in [5.74, 6) is 2.02. The Morgan fingerprint density at radius 1 is 1.07 bits per heavy atom. The summed E-state index contributed by atoms with van der Waals surface area (Å²) in [5, 5.41) is 3.43.